The van der Waals surface area contributed by atoms with Gasteiger partial charge in [-0.25, -0.2) is 0 Å². The molecule has 0 saturated carbocycles. The first-order valence-electron chi connectivity index (χ1n) is 8.53. The molecule has 0 radical (unpaired) electrons. The van der Waals surface area contributed by atoms with Crippen molar-refractivity contribution in [1.82, 2.24) is 4.98 Å². The summed E-state index contributed by atoms with van der Waals surface area (Å²) in [6, 6.07) is 16.8. The van der Waals surface area contributed by atoms with E-state index in [4.69, 9.17) is 16.3 Å². The second-order valence-corrected chi connectivity index (χ2v) is 6.33. The molecule has 2 aromatic carbocycles. The van der Waals surface area contributed by atoms with Crippen molar-refractivity contribution in [1.29, 1.82) is 0 Å². The van der Waals surface area contributed by atoms with Crippen LogP contribution in [0.15, 0.2) is 67.0 Å². The van der Waals surface area contributed by atoms with Gasteiger partial charge in [0.05, 0.1) is 29.1 Å². The van der Waals surface area contributed by atoms with Crippen LogP contribution >= 0.6 is 11.6 Å². The number of anilines is 2. The lowest BCUT2D eigenvalue weighted by molar-refractivity contribution is 0.102. The van der Waals surface area contributed by atoms with Gasteiger partial charge in [-0.1, -0.05) is 35.9 Å². The maximum Gasteiger partial charge on any atom is 0.257 e. The third-order valence-electron chi connectivity index (χ3n) is 4.02. The fourth-order valence-corrected chi connectivity index (χ4v) is 2.74. The van der Waals surface area contributed by atoms with Gasteiger partial charge in [0.15, 0.2) is 0 Å². The van der Waals surface area contributed by atoms with E-state index in [2.05, 4.69) is 15.6 Å². The molecule has 0 aliphatic rings. The number of aromatic nitrogens is 1. The van der Waals surface area contributed by atoms with E-state index in [9.17, 15) is 4.79 Å². The number of hydrogen-bond acceptors (Lipinski definition) is 4. The molecule has 0 aliphatic heterocycles. The zero-order chi connectivity index (χ0) is 19.1. The van der Waals surface area contributed by atoms with Gasteiger partial charge in [-0.2, -0.15) is 0 Å². The summed E-state index contributed by atoms with van der Waals surface area (Å²) in [7, 11) is 1.65. The number of pyridine rings is 1. The van der Waals surface area contributed by atoms with Crippen molar-refractivity contribution < 1.29 is 9.53 Å². The van der Waals surface area contributed by atoms with Crippen LogP contribution in [-0.2, 0) is 6.42 Å². The van der Waals surface area contributed by atoms with Crippen molar-refractivity contribution in [3.05, 3.63) is 83.1 Å². The molecule has 1 amide bonds. The highest BCUT2D eigenvalue weighted by molar-refractivity contribution is 6.33. The second kappa shape index (κ2) is 9.05. The Hall–Kier alpha value is -3.05. The number of carbonyl (C=O) groups is 1. The standard InChI is InChI=1S/C21H20ClN3O2/c1-27-18-8-6-15(7-9-18)10-11-24-17-12-16(13-23-14-17)21(26)25-20-5-3-2-4-19(20)22/h2-9,12-14,24H,10-11H2,1H3,(H,25,26). The number of methoxy groups -OCH3 is 1. The number of rotatable bonds is 7. The van der Waals surface area contributed by atoms with Crippen LogP contribution in [0.25, 0.3) is 0 Å². The minimum atomic E-state index is -0.255. The summed E-state index contributed by atoms with van der Waals surface area (Å²) in [4.78, 5) is 16.6. The van der Waals surface area contributed by atoms with Gasteiger partial charge < -0.3 is 15.4 Å². The number of carbonyl (C=O) groups excluding carboxylic acids is 1. The number of para-hydroxylation sites is 1. The molecule has 0 aliphatic carbocycles. The number of amides is 1. The lowest BCUT2D eigenvalue weighted by Gasteiger charge is -2.10. The molecule has 0 atom stereocenters. The first kappa shape index (κ1) is 18.7. The Morgan fingerprint density at radius 3 is 2.63 bits per heavy atom. The highest BCUT2D eigenvalue weighted by atomic mass is 35.5. The normalized spacial score (nSPS) is 10.3. The summed E-state index contributed by atoms with van der Waals surface area (Å²) < 4.78 is 5.16. The summed E-state index contributed by atoms with van der Waals surface area (Å²) in [5.74, 6) is 0.586. The predicted molar refractivity (Wildman–Crippen MR) is 109 cm³/mol. The zero-order valence-electron chi connectivity index (χ0n) is 14.9. The molecule has 1 heterocycles. The number of nitrogens with zero attached hydrogens (tertiary/aromatic N) is 1. The van der Waals surface area contributed by atoms with Gasteiger partial charge in [-0.05, 0) is 42.3 Å². The van der Waals surface area contributed by atoms with Crippen molar-refractivity contribution in [2.45, 2.75) is 6.42 Å². The molecular weight excluding hydrogens is 362 g/mol. The molecular formula is C21H20ClN3O2. The Kier molecular flexibility index (Phi) is 6.28. The predicted octanol–water partition coefficient (Wildman–Crippen LogP) is 4.65. The zero-order valence-corrected chi connectivity index (χ0v) is 15.7. The third-order valence-corrected chi connectivity index (χ3v) is 4.35. The third kappa shape index (κ3) is 5.21. The summed E-state index contributed by atoms with van der Waals surface area (Å²) >= 11 is 6.08. The number of nitrogens with one attached hydrogen (secondary N) is 2. The Morgan fingerprint density at radius 1 is 1.11 bits per heavy atom. The maximum atomic E-state index is 12.4. The van der Waals surface area contributed by atoms with E-state index in [0.717, 1.165) is 24.4 Å². The van der Waals surface area contributed by atoms with E-state index in [0.29, 0.717) is 16.3 Å². The summed E-state index contributed by atoms with van der Waals surface area (Å²) in [5, 5.41) is 6.58. The SMILES string of the molecule is COc1ccc(CCNc2cncc(C(=O)Nc3ccccc3Cl)c2)cc1. The largest absolute Gasteiger partial charge is 0.497 e. The van der Waals surface area contributed by atoms with Crippen LogP contribution in [0.4, 0.5) is 11.4 Å². The molecule has 138 valence electrons. The lowest BCUT2D eigenvalue weighted by atomic mass is 10.1. The fraction of sp³-hybridized carbons (Fsp3) is 0.143. The average Bonchev–Trinajstić information content (AvgIpc) is 2.70. The quantitative estimate of drug-likeness (QED) is 0.625. The van der Waals surface area contributed by atoms with Gasteiger partial charge in [0.25, 0.3) is 5.91 Å². The van der Waals surface area contributed by atoms with Crippen molar-refractivity contribution in [3.63, 3.8) is 0 Å². The summed E-state index contributed by atoms with van der Waals surface area (Å²) in [5.41, 5.74) is 3.02. The van der Waals surface area contributed by atoms with Gasteiger partial charge in [-0.15, -0.1) is 0 Å². The van der Waals surface area contributed by atoms with Crippen LogP contribution in [0.1, 0.15) is 15.9 Å². The molecule has 0 bridgehead atoms. The van der Waals surface area contributed by atoms with Crippen molar-refractivity contribution in [2.24, 2.45) is 0 Å². The van der Waals surface area contributed by atoms with Crippen molar-refractivity contribution >= 4 is 28.9 Å². The van der Waals surface area contributed by atoms with Crippen molar-refractivity contribution in [3.8, 4) is 5.75 Å². The molecule has 0 saturated heterocycles. The minimum Gasteiger partial charge on any atom is -0.497 e. The van der Waals surface area contributed by atoms with Gasteiger partial charge >= 0.3 is 0 Å². The van der Waals surface area contributed by atoms with E-state index in [1.165, 1.54) is 11.8 Å². The van der Waals surface area contributed by atoms with Crippen LogP contribution in [-0.4, -0.2) is 24.5 Å². The van der Waals surface area contributed by atoms with Gasteiger partial charge in [0.1, 0.15) is 5.75 Å². The van der Waals surface area contributed by atoms with E-state index in [-0.39, 0.29) is 5.91 Å². The van der Waals surface area contributed by atoms with Crippen molar-refractivity contribution in [2.75, 3.05) is 24.3 Å². The monoisotopic (exact) mass is 381 g/mol. The molecule has 27 heavy (non-hydrogen) atoms. The number of halogens is 1. The molecule has 0 unspecified atom stereocenters. The van der Waals surface area contributed by atoms with Crippen LogP contribution in [0.3, 0.4) is 0 Å². The highest BCUT2D eigenvalue weighted by Gasteiger charge is 2.09. The minimum absolute atomic E-state index is 0.255. The number of hydrogen-bond donors (Lipinski definition) is 2. The Balaban J connectivity index is 1.58. The first-order valence-corrected chi connectivity index (χ1v) is 8.91. The van der Waals surface area contributed by atoms with E-state index >= 15 is 0 Å². The Bertz CT molecular complexity index is 913. The number of benzene rings is 2. The van der Waals surface area contributed by atoms with Crippen LogP contribution in [0, 0.1) is 0 Å². The molecule has 3 aromatic rings. The average molecular weight is 382 g/mol. The fourth-order valence-electron chi connectivity index (χ4n) is 2.56. The molecule has 2 N–H and O–H groups in total. The molecule has 6 heteroatoms. The van der Waals surface area contributed by atoms with Crippen LogP contribution in [0.2, 0.25) is 5.02 Å². The Labute approximate surface area is 163 Å². The van der Waals surface area contributed by atoms with Crippen LogP contribution < -0.4 is 15.4 Å². The lowest BCUT2D eigenvalue weighted by Crippen LogP contribution is -2.13. The highest BCUT2D eigenvalue weighted by Crippen LogP contribution is 2.21. The van der Waals surface area contributed by atoms with Gasteiger partial charge in [-0.3, -0.25) is 9.78 Å². The van der Waals surface area contributed by atoms with E-state index in [1.807, 2.05) is 36.4 Å². The second-order valence-electron chi connectivity index (χ2n) is 5.92. The molecule has 0 fully saturated rings. The summed E-state index contributed by atoms with van der Waals surface area (Å²) in [6.45, 7) is 0.726. The van der Waals surface area contributed by atoms with Gasteiger partial charge in [0.2, 0.25) is 0 Å². The van der Waals surface area contributed by atoms with E-state index < -0.39 is 0 Å². The topological polar surface area (TPSA) is 63.2 Å². The first-order chi connectivity index (χ1) is 13.2. The molecule has 1 aromatic heterocycles. The molecule has 5 nitrogen and oxygen atoms in total. The Morgan fingerprint density at radius 2 is 1.89 bits per heavy atom. The molecule has 3 rings (SSSR count). The van der Waals surface area contributed by atoms with Crippen LogP contribution in [0.5, 0.6) is 5.75 Å². The summed E-state index contributed by atoms with van der Waals surface area (Å²) in [6.07, 6.45) is 4.07. The van der Waals surface area contributed by atoms with E-state index in [1.54, 1.807) is 31.5 Å². The molecule has 0 spiro atoms. The maximum absolute atomic E-state index is 12.4. The number of ether oxygens (including phenoxy) is 1. The smallest absolute Gasteiger partial charge is 0.257 e. The van der Waals surface area contributed by atoms with Gasteiger partial charge in [0, 0.05) is 18.9 Å².